The van der Waals surface area contributed by atoms with Crippen molar-refractivity contribution in [2.24, 2.45) is 0 Å². The quantitative estimate of drug-likeness (QED) is 0.474. The van der Waals surface area contributed by atoms with E-state index in [-0.39, 0.29) is 17.1 Å². The normalized spacial score (nSPS) is 17.9. The van der Waals surface area contributed by atoms with Crippen LogP contribution in [-0.4, -0.2) is 33.2 Å². The van der Waals surface area contributed by atoms with Gasteiger partial charge in [0.25, 0.3) is 5.56 Å². The highest BCUT2D eigenvalue weighted by Gasteiger charge is 2.38. The summed E-state index contributed by atoms with van der Waals surface area (Å²) in [5, 5.41) is 14.0. The van der Waals surface area contributed by atoms with Gasteiger partial charge < -0.3 is 20.1 Å². The van der Waals surface area contributed by atoms with Crippen LogP contribution in [0.5, 0.6) is 11.5 Å². The number of allylic oxidation sites excluding steroid dienone is 2. The zero-order valence-corrected chi connectivity index (χ0v) is 17.9. The number of thioether (sulfide) groups is 1. The van der Waals surface area contributed by atoms with Crippen LogP contribution in [0.1, 0.15) is 56.6 Å². The van der Waals surface area contributed by atoms with Gasteiger partial charge in [0.2, 0.25) is 0 Å². The number of benzene rings is 1. The number of nitrogens with zero attached hydrogens (tertiary/aromatic N) is 1. The molecule has 2 aromatic rings. The van der Waals surface area contributed by atoms with E-state index in [2.05, 4.69) is 22.2 Å². The molecule has 1 aromatic carbocycles. The Balaban J connectivity index is 1.89. The Morgan fingerprint density at radius 2 is 2.10 bits per heavy atom. The topological polar surface area (TPSA) is 104 Å². The second kappa shape index (κ2) is 8.55. The van der Waals surface area contributed by atoms with Gasteiger partial charge in [0.1, 0.15) is 5.82 Å². The van der Waals surface area contributed by atoms with Crippen molar-refractivity contribution < 1.29 is 14.6 Å². The van der Waals surface area contributed by atoms with Crippen molar-refractivity contribution in [1.29, 1.82) is 0 Å². The van der Waals surface area contributed by atoms with Crippen LogP contribution in [0.3, 0.4) is 0 Å². The Bertz CT molecular complexity index is 1080. The Hall–Kier alpha value is -2.74. The summed E-state index contributed by atoms with van der Waals surface area (Å²) in [6.07, 6.45) is 2.93. The molecular weight excluding hydrogens is 402 g/mol. The molecule has 2 heterocycles. The van der Waals surface area contributed by atoms with Gasteiger partial charge in [-0.2, -0.15) is 0 Å². The second-order valence-electron chi connectivity index (χ2n) is 7.37. The number of hydrogen-bond acceptors (Lipinski definition) is 7. The van der Waals surface area contributed by atoms with E-state index in [1.165, 1.54) is 11.8 Å². The maximum atomic E-state index is 13.1. The average Bonchev–Trinajstić information content (AvgIpc) is 2.73. The molecule has 1 atom stereocenters. The number of fused-ring (bicyclic) bond motifs is 1. The molecule has 0 amide bonds. The van der Waals surface area contributed by atoms with Crippen molar-refractivity contribution in [3.8, 4) is 11.5 Å². The van der Waals surface area contributed by atoms with Crippen molar-refractivity contribution >= 4 is 23.4 Å². The van der Waals surface area contributed by atoms with Crippen LogP contribution in [0.2, 0.25) is 0 Å². The molecule has 8 heteroatoms. The fraction of sp³-hybridized carbons (Fsp3) is 0.409. The predicted molar refractivity (Wildman–Crippen MR) is 116 cm³/mol. The van der Waals surface area contributed by atoms with Crippen molar-refractivity contribution in [3.63, 3.8) is 0 Å². The summed E-state index contributed by atoms with van der Waals surface area (Å²) < 4.78 is 5.54. The molecule has 3 N–H and O–H groups in total. The van der Waals surface area contributed by atoms with Gasteiger partial charge in [0, 0.05) is 29.4 Å². The lowest BCUT2D eigenvalue weighted by atomic mass is 9.76. The van der Waals surface area contributed by atoms with Gasteiger partial charge >= 0.3 is 0 Å². The number of Topliss-reactive ketones (excluding diaryl/α,β-unsaturated/α-hetero) is 1. The molecule has 2 aliphatic rings. The Morgan fingerprint density at radius 1 is 1.27 bits per heavy atom. The minimum absolute atomic E-state index is 0.0253. The molecule has 1 aliphatic heterocycles. The summed E-state index contributed by atoms with van der Waals surface area (Å²) in [4.78, 5) is 33.6. The van der Waals surface area contributed by atoms with Crippen molar-refractivity contribution in [1.82, 2.24) is 9.97 Å². The van der Waals surface area contributed by atoms with E-state index in [4.69, 9.17) is 4.74 Å². The first-order valence-corrected chi connectivity index (χ1v) is 11.3. The standard InChI is InChI=1S/C22H25N3O4S/c1-3-10-30-22-24-20-19(21(28)25-22)17(18-13(23-20)6-5-7-15(18)27)12-8-9-14(26)16(11-12)29-4-2/h8-9,11,17,26H,3-7,10H2,1-2H3,(H2,23,24,25,28). The highest BCUT2D eigenvalue weighted by Crippen LogP contribution is 2.45. The monoisotopic (exact) mass is 427 g/mol. The summed E-state index contributed by atoms with van der Waals surface area (Å²) in [6, 6.07) is 5.00. The van der Waals surface area contributed by atoms with E-state index in [1.54, 1.807) is 18.2 Å². The number of ketones is 1. The lowest BCUT2D eigenvalue weighted by molar-refractivity contribution is -0.116. The molecular formula is C22H25N3O4S. The number of carbonyl (C=O) groups is 1. The van der Waals surface area contributed by atoms with Crippen LogP contribution in [0, 0.1) is 0 Å². The summed E-state index contributed by atoms with van der Waals surface area (Å²) >= 11 is 1.50. The number of aromatic nitrogens is 2. The van der Waals surface area contributed by atoms with Crippen LogP contribution in [-0.2, 0) is 4.79 Å². The molecule has 158 valence electrons. The summed E-state index contributed by atoms with van der Waals surface area (Å²) in [5.41, 5.74) is 2.34. The Labute approximate surface area is 179 Å². The zero-order chi connectivity index (χ0) is 21.3. The summed E-state index contributed by atoms with van der Waals surface area (Å²) in [5.74, 6) is 1.20. The summed E-state index contributed by atoms with van der Waals surface area (Å²) in [7, 11) is 0. The third kappa shape index (κ3) is 3.71. The molecule has 0 bridgehead atoms. The highest BCUT2D eigenvalue weighted by molar-refractivity contribution is 7.99. The number of nitrogens with one attached hydrogen (secondary N) is 2. The molecule has 0 saturated heterocycles. The molecule has 1 aliphatic carbocycles. The number of hydrogen-bond donors (Lipinski definition) is 3. The number of phenolic OH excluding ortho intramolecular Hbond substituents is 1. The number of aromatic amines is 1. The van der Waals surface area contributed by atoms with Crippen molar-refractivity contribution in [2.45, 2.75) is 50.6 Å². The van der Waals surface area contributed by atoms with Crippen molar-refractivity contribution in [3.05, 3.63) is 50.9 Å². The van der Waals surface area contributed by atoms with Gasteiger partial charge in [0.05, 0.1) is 12.2 Å². The lowest BCUT2D eigenvalue weighted by Crippen LogP contribution is -2.32. The minimum atomic E-state index is -0.551. The van der Waals surface area contributed by atoms with E-state index in [1.807, 2.05) is 6.92 Å². The first kappa shape index (κ1) is 20.5. The highest BCUT2D eigenvalue weighted by atomic mass is 32.2. The van der Waals surface area contributed by atoms with Gasteiger partial charge in [-0.25, -0.2) is 4.98 Å². The van der Waals surface area contributed by atoms with E-state index >= 15 is 0 Å². The van der Waals surface area contributed by atoms with Crippen molar-refractivity contribution in [2.75, 3.05) is 17.7 Å². The molecule has 7 nitrogen and oxygen atoms in total. The summed E-state index contributed by atoms with van der Waals surface area (Å²) in [6.45, 7) is 4.30. The number of rotatable bonds is 6. The Morgan fingerprint density at radius 3 is 2.87 bits per heavy atom. The van der Waals surface area contributed by atoms with Gasteiger partial charge in [-0.15, -0.1) is 0 Å². The number of aromatic hydroxyl groups is 1. The van der Waals surface area contributed by atoms with Gasteiger partial charge in [-0.1, -0.05) is 24.8 Å². The van der Waals surface area contributed by atoms with E-state index in [9.17, 15) is 14.7 Å². The van der Waals surface area contributed by atoms with E-state index in [0.717, 1.165) is 36.3 Å². The number of ether oxygens (including phenoxy) is 1. The molecule has 1 aromatic heterocycles. The first-order chi connectivity index (χ1) is 14.5. The number of anilines is 1. The third-order valence-electron chi connectivity index (χ3n) is 5.30. The lowest BCUT2D eigenvalue weighted by Gasteiger charge is -2.33. The first-order valence-electron chi connectivity index (χ1n) is 10.3. The fourth-order valence-corrected chi connectivity index (χ4v) is 4.74. The average molecular weight is 428 g/mol. The van der Waals surface area contributed by atoms with Crippen LogP contribution in [0.15, 0.2) is 39.4 Å². The maximum absolute atomic E-state index is 13.1. The Kier molecular flexibility index (Phi) is 5.85. The van der Waals surface area contributed by atoms with Gasteiger partial charge in [0.15, 0.2) is 22.4 Å². The van der Waals surface area contributed by atoms with E-state index in [0.29, 0.717) is 40.9 Å². The second-order valence-corrected chi connectivity index (χ2v) is 8.45. The molecule has 0 fully saturated rings. The van der Waals surface area contributed by atoms with Crippen LogP contribution in [0.4, 0.5) is 5.82 Å². The molecule has 1 unspecified atom stereocenters. The number of phenols is 1. The molecule has 4 rings (SSSR count). The van der Waals surface area contributed by atoms with Gasteiger partial charge in [-0.3, -0.25) is 9.59 Å². The number of H-pyrrole nitrogens is 1. The minimum Gasteiger partial charge on any atom is -0.504 e. The SMILES string of the molecule is CCCSc1nc2c(c(=O)[nH]1)C(c1ccc(O)c(OCC)c1)C1=C(CCCC1=O)N2. The molecule has 30 heavy (non-hydrogen) atoms. The molecule has 0 saturated carbocycles. The maximum Gasteiger partial charge on any atom is 0.257 e. The van der Waals surface area contributed by atoms with E-state index < -0.39 is 5.92 Å². The van der Waals surface area contributed by atoms with Gasteiger partial charge in [-0.05, 0) is 43.9 Å². The van der Waals surface area contributed by atoms with Crippen LogP contribution < -0.4 is 15.6 Å². The molecule has 0 radical (unpaired) electrons. The largest absolute Gasteiger partial charge is 0.504 e. The zero-order valence-electron chi connectivity index (χ0n) is 17.1. The predicted octanol–water partition coefficient (Wildman–Crippen LogP) is 3.94. The molecule has 0 spiro atoms. The fourth-order valence-electron chi connectivity index (χ4n) is 4.02. The van der Waals surface area contributed by atoms with Crippen LogP contribution >= 0.6 is 11.8 Å². The number of carbonyl (C=O) groups excluding carboxylic acids is 1. The van der Waals surface area contributed by atoms with Crippen LogP contribution in [0.25, 0.3) is 0 Å². The smallest absolute Gasteiger partial charge is 0.257 e. The third-order valence-corrected chi connectivity index (χ3v) is 6.38.